The maximum atomic E-state index is 14.2. The van der Waals surface area contributed by atoms with Crippen LogP contribution in [0.25, 0.3) is 0 Å². The lowest BCUT2D eigenvalue weighted by atomic mass is 9.94. The molecule has 0 aliphatic carbocycles. The van der Waals surface area contributed by atoms with Crippen LogP contribution in [-0.4, -0.2) is 93.6 Å². The Morgan fingerprint density at radius 1 is 0.934 bits per heavy atom. The Labute approximate surface area is 361 Å². The van der Waals surface area contributed by atoms with Crippen molar-refractivity contribution >= 4 is 63.8 Å². The van der Waals surface area contributed by atoms with E-state index in [0.717, 1.165) is 16.6 Å². The van der Waals surface area contributed by atoms with Gasteiger partial charge in [0.1, 0.15) is 29.8 Å². The molecule has 328 valence electrons. The predicted molar refractivity (Wildman–Crippen MR) is 240 cm³/mol. The van der Waals surface area contributed by atoms with Crippen LogP contribution in [0.1, 0.15) is 85.6 Å². The van der Waals surface area contributed by atoms with Crippen LogP contribution in [0.2, 0.25) is 5.04 Å². The van der Waals surface area contributed by atoms with Gasteiger partial charge < -0.3 is 25.3 Å². The molecule has 3 aromatic rings. The number of carbonyl (C=O) groups is 5. The highest BCUT2D eigenvalue weighted by molar-refractivity contribution is 7.92. The van der Waals surface area contributed by atoms with Gasteiger partial charge in [-0.2, -0.15) is 0 Å². The van der Waals surface area contributed by atoms with Gasteiger partial charge in [0, 0.05) is 18.7 Å². The lowest BCUT2D eigenvalue weighted by Crippen LogP contribution is -2.68. The molecule has 5 rings (SSSR count). The number of rotatable bonds is 15. The van der Waals surface area contributed by atoms with Gasteiger partial charge in [-0.15, -0.1) is 0 Å². The smallest absolute Gasteiger partial charge is 0.262 e. The zero-order valence-corrected chi connectivity index (χ0v) is 38.1. The van der Waals surface area contributed by atoms with Crippen LogP contribution in [0.4, 0.5) is 5.69 Å². The summed E-state index contributed by atoms with van der Waals surface area (Å²) >= 11 is 0. The van der Waals surface area contributed by atoms with E-state index in [1.807, 2.05) is 36.4 Å². The number of hydrogen-bond acceptors (Lipinski definition) is 8. The highest BCUT2D eigenvalue weighted by atomic mass is 32.2. The number of ketones is 1. The average molecular weight is 872 g/mol. The number of benzene rings is 3. The van der Waals surface area contributed by atoms with Gasteiger partial charge in [-0.1, -0.05) is 107 Å². The summed E-state index contributed by atoms with van der Waals surface area (Å²) in [4.78, 5) is 71.1. The molecule has 2 aliphatic rings. The van der Waals surface area contributed by atoms with Gasteiger partial charge in [0.05, 0.1) is 6.26 Å². The molecule has 4 amide bonds. The number of amides is 4. The number of nitrogens with one attached hydrogen (secondary N) is 4. The maximum absolute atomic E-state index is 14.2. The molecule has 2 saturated heterocycles. The first-order chi connectivity index (χ1) is 28.8. The van der Waals surface area contributed by atoms with Crippen molar-refractivity contribution in [2.24, 2.45) is 0 Å². The number of sulfonamides is 1. The number of nitrogens with zero attached hydrogens (tertiary/aromatic N) is 1. The van der Waals surface area contributed by atoms with Crippen molar-refractivity contribution in [3.05, 3.63) is 103 Å². The quantitative estimate of drug-likeness (QED) is 0.100. The summed E-state index contributed by atoms with van der Waals surface area (Å²) in [7, 11) is -6.46. The third-order valence-corrected chi connectivity index (χ3v) is 17.4. The summed E-state index contributed by atoms with van der Waals surface area (Å²) in [5.74, 6) is -2.13. The molecule has 5 atom stereocenters. The summed E-state index contributed by atoms with van der Waals surface area (Å²) < 4.78 is 32.8. The summed E-state index contributed by atoms with van der Waals surface area (Å²) in [6, 6.07) is 23.8. The van der Waals surface area contributed by atoms with Gasteiger partial charge in [0.2, 0.25) is 33.7 Å². The Hall–Kier alpha value is -5.12. The highest BCUT2D eigenvalue weighted by Gasteiger charge is 2.51. The molecular weight excluding hydrogens is 811 g/mol. The first-order valence-corrected chi connectivity index (χ1v) is 24.9. The van der Waals surface area contributed by atoms with Crippen LogP contribution in [-0.2, 0) is 44.8 Å². The van der Waals surface area contributed by atoms with E-state index in [0.29, 0.717) is 43.5 Å². The Balaban J connectivity index is 1.28. The molecule has 0 spiro atoms. The molecule has 13 nitrogen and oxygen atoms in total. The van der Waals surface area contributed by atoms with Gasteiger partial charge in [-0.25, -0.2) is 8.42 Å². The second kappa shape index (κ2) is 19.7. The van der Waals surface area contributed by atoms with Crippen LogP contribution >= 0.6 is 0 Å². The number of hydrogen-bond donors (Lipinski definition) is 4. The normalized spacial score (nSPS) is 22.3. The molecule has 2 fully saturated rings. The summed E-state index contributed by atoms with van der Waals surface area (Å²) in [5.41, 5.74) is -0.411. The topological polar surface area (TPSA) is 180 Å². The lowest BCUT2D eigenvalue weighted by Gasteiger charge is -2.44. The fraction of sp³-hybridized carbons (Fsp3) is 0.457. The molecule has 4 N–H and O–H groups in total. The minimum atomic E-state index is -3.49. The zero-order valence-electron chi connectivity index (χ0n) is 36.3. The second-order valence-corrected chi connectivity index (χ2v) is 23.4. The van der Waals surface area contributed by atoms with Gasteiger partial charge in [-0.05, 0) is 91.6 Å². The highest BCUT2D eigenvalue weighted by Crippen LogP contribution is 2.37. The maximum Gasteiger partial charge on any atom is 0.262 e. The fourth-order valence-corrected chi connectivity index (χ4v) is 13.4. The van der Waals surface area contributed by atoms with Crippen LogP contribution < -0.4 is 31.0 Å². The van der Waals surface area contributed by atoms with E-state index >= 15 is 0 Å². The predicted octanol–water partition coefficient (Wildman–Crippen LogP) is 4.12. The van der Waals surface area contributed by atoms with Gasteiger partial charge in [0.25, 0.3) is 8.32 Å². The van der Waals surface area contributed by atoms with E-state index in [1.165, 1.54) is 11.0 Å². The van der Waals surface area contributed by atoms with Crippen molar-refractivity contribution < 1.29 is 36.8 Å². The fourth-order valence-electron chi connectivity index (χ4n) is 8.17. The summed E-state index contributed by atoms with van der Waals surface area (Å²) in [5, 5.41) is 10.5. The average Bonchev–Trinajstić information content (AvgIpc) is 3.72. The standard InChI is InChI=1S/C46H61N5O8SSi/c1-8-46(6)44(56)48-38(31-33-26-28-34(29-27-33)50-60(7,57)58)43(55)51-30-18-24-39(51)42(54)47-37(41(53)49-46)23-16-11-17-25-40(52)32(2)59-61(45(3,4)5,35-19-12-9-13-20-35)36-21-14-10-15-22-36/h9-10,12-15,17,19-22,25-29,32,37-39,50H,8,11,16,18,23-24,30-31H2,1-7H3,(H,47,54)(H,48,56)(H,49,53)/b25-17+/t32-,37-,38-,39+,46-/m0/s1. The molecule has 0 radical (unpaired) electrons. The van der Waals surface area contributed by atoms with E-state index in [9.17, 15) is 32.4 Å². The third-order valence-electron chi connectivity index (χ3n) is 11.7. The Morgan fingerprint density at radius 2 is 1.54 bits per heavy atom. The first-order valence-electron chi connectivity index (χ1n) is 21.1. The van der Waals surface area contributed by atoms with Crippen LogP contribution in [0.3, 0.4) is 0 Å². The second-order valence-electron chi connectivity index (χ2n) is 17.4. The van der Waals surface area contributed by atoms with Crippen molar-refractivity contribution in [2.75, 3.05) is 17.5 Å². The SMILES string of the molecule is CC[C@]1(C)NC(=O)[C@H](CCC/C=C/C(=O)[C@H](C)O[Si](c2ccccc2)(c2ccccc2)C(C)(C)C)NC(=O)[C@H]2CCCN2C(=O)[C@H](Cc2ccc(NS(C)(=O)=O)cc2)NC1=O. The van der Waals surface area contributed by atoms with Crippen LogP contribution in [0.5, 0.6) is 0 Å². The van der Waals surface area contributed by atoms with Gasteiger partial charge in [-0.3, -0.25) is 28.7 Å². The van der Waals surface area contributed by atoms with Crippen molar-refractivity contribution in [3.63, 3.8) is 0 Å². The van der Waals surface area contributed by atoms with Gasteiger partial charge >= 0.3 is 0 Å². The minimum Gasteiger partial charge on any atom is -0.397 e. The van der Waals surface area contributed by atoms with E-state index in [4.69, 9.17) is 4.43 Å². The molecule has 0 aromatic heterocycles. The van der Waals surface area contributed by atoms with Crippen LogP contribution in [0.15, 0.2) is 97.1 Å². The van der Waals surface area contributed by atoms with Crippen molar-refractivity contribution in [1.82, 2.24) is 20.9 Å². The Bertz CT molecular complexity index is 2140. The lowest BCUT2D eigenvalue weighted by molar-refractivity contribution is -0.144. The molecule has 15 heteroatoms. The summed E-state index contributed by atoms with van der Waals surface area (Å²) in [6.07, 6.45) is 5.93. The molecule has 2 aliphatic heterocycles. The van der Waals surface area contributed by atoms with E-state index in [2.05, 4.69) is 65.7 Å². The molecule has 2 heterocycles. The van der Waals surface area contributed by atoms with E-state index < -0.39 is 71.7 Å². The number of fused-ring (bicyclic) bond motifs is 1. The van der Waals surface area contributed by atoms with Crippen molar-refractivity contribution in [2.45, 2.75) is 121 Å². The molecule has 0 unspecified atom stereocenters. The summed E-state index contributed by atoms with van der Waals surface area (Å²) in [6.45, 7) is 11.9. The van der Waals surface area contributed by atoms with Gasteiger partial charge in [0.15, 0.2) is 5.78 Å². The molecule has 0 bridgehead atoms. The number of carbonyl (C=O) groups excluding carboxylic acids is 5. The zero-order chi connectivity index (χ0) is 44.6. The minimum absolute atomic E-state index is 0.0747. The molecule has 61 heavy (non-hydrogen) atoms. The van der Waals surface area contributed by atoms with Crippen molar-refractivity contribution in [1.29, 1.82) is 0 Å². The molecular formula is C46H61N5O8SSi. The van der Waals surface area contributed by atoms with Crippen LogP contribution in [0, 0.1) is 0 Å². The Morgan fingerprint density at radius 3 is 2.10 bits per heavy atom. The number of allylic oxidation sites excluding steroid dienone is 1. The third kappa shape index (κ3) is 11.4. The molecule has 0 saturated carbocycles. The number of anilines is 1. The van der Waals surface area contributed by atoms with Crippen molar-refractivity contribution in [3.8, 4) is 0 Å². The van der Waals surface area contributed by atoms with E-state index in [1.54, 1.807) is 51.1 Å². The first kappa shape index (κ1) is 46.9. The number of unbranched alkanes of at least 4 members (excludes halogenated alkanes) is 1. The monoisotopic (exact) mass is 871 g/mol. The largest absolute Gasteiger partial charge is 0.397 e. The van der Waals surface area contributed by atoms with E-state index in [-0.39, 0.29) is 30.1 Å². The Kier molecular flexibility index (Phi) is 15.2. The molecule has 3 aromatic carbocycles.